The quantitative estimate of drug-likeness (QED) is 0.230. The zero-order valence-electron chi connectivity index (χ0n) is 22.5. The summed E-state index contributed by atoms with van der Waals surface area (Å²) >= 11 is 0. The summed E-state index contributed by atoms with van der Waals surface area (Å²) in [6.45, 7) is 1.54. The van der Waals surface area contributed by atoms with Crippen LogP contribution >= 0.6 is 0 Å². The lowest BCUT2D eigenvalue weighted by Crippen LogP contribution is -2.46. The maximum absolute atomic E-state index is 15.8. The van der Waals surface area contributed by atoms with Crippen LogP contribution in [0.25, 0.3) is 11.1 Å². The molecule has 43 heavy (non-hydrogen) atoms. The van der Waals surface area contributed by atoms with Crippen LogP contribution in [0, 0.1) is 5.82 Å². The summed E-state index contributed by atoms with van der Waals surface area (Å²) in [6, 6.07) is 13.7. The van der Waals surface area contributed by atoms with Gasteiger partial charge in [-0.15, -0.1) is 0 Å². The van der Waals surface area contributed by atoms with Crippen LogP contribution in [0.4, 0.5) is 30.7 Å². The number of alkyl halides is 6. The Balaban J connectivity index is 1.51. The lowest BCUT2D eigenvalue weighted by molar-refractivity contribution is -0.231. The average Bonchev–Trinajstić information content (AvgIpc) is 3.37. The van der Waals surface area contributed by atoms with E-state index in [1.165, 1.54) is 19.1 Å². The molecule has 3 aromatic carbocycles. The van der Waals surface area contributed by atoms with Gasteiger partial charge >= 0.3 is 18.0 Å². The van der Waals surface area contributed by atoms with Gasteiger partial charge in [0.05, 0.1) is 36.4 Å². The van der Waals surface area contributed by atoms with Crippen molar-refractivity contribution in [3.63, 3.8) is 0 Å². The second-order valence-electron chi connectivity index (χ2n) is 10.00. The number of benzene rings is 3. The first-order chi connectivity index (χ1) is 20.3. The van der Waals surface area contributed by atoms with Gasteiger partial charge in [0, 0.05) is 12.1 Å². The Morgan fingerprint density at radius 3 is 2.23 bits per heavy atom. The van der Waals surface area contributed by atoms with Gasteiger partial charge in [-0.1, -0.05) is 42.5 Å². The van der Waals surface area contributed by atoms with E-state index in [-0.39, 0.29) is 37.2 Å². The average molecular weight is 611 g/mol. The zero-order valence-corrected chi connectivity index (χ0v) is 22.5. The molecule has 14 heteroatoms. The Kier molecular flexibility index (Phi) is 8.45. The van der Waals surface area contributed by atoms with Crippen molar-refractivity contribution in [3.05, 3.63) is 111 Å². The molecule has 1 fully saturated rings. The molecule has 3 atom stereocenters. The number of hydrogen-bond donors (Lipinski definition) is 2. The lowest BCUT2D eigenvalue weighted by Gasteiger charge is -2.41. The summed E-state index contributed by atoms with van der Waals surface area (Å²) in [6.07, 6.45) is -12.7. The molecule has 1 aliphatic heterocycles. The fourth-order valence-corrected chi connectivity index (χ4v) is 4.97. The number of hydrogen-bond acceptors (Lipinski definition) is 5. The van der Waals surface area contributed by atoms with E-state index in [4.69, 9.17) is 9.47 Å². The van der Waals surface area contributed by atoms with Gasteiger partial charge in [-0.2, -0.15) is 31.4 Å². The van der Waals surface area contributed by atoms with E-state index in [1.807, 2.05) is 6.07 Å². The number of aromatic nitrogens is 3. The van der Waals surface area contributed by atoms with Gasteiger partial charge in [0.25, 0.3) is 0 Å². The van der Waals surface area contributed by atoms with E-state index < -0.39 is 59.0 Å². The lowest BCUT2D eigenvalue weighted by atomic mass is 9.97. The van der Waals surface area contributed by atoms with E-state index in [2.05, 4.69) is 15.2 Å². The molecule has 2 heterocycles. The van der Waals surface area contributed by atoms with Crippen LogP contribution in [0.2, 0.25) is 0 Å². The van der Waals surface area contributed by atoms with Crippen LogP contribution in [-0.4, -0.2) is 39.5 Å². The Labute approximate surface area is 240 Å². The predicted octanol–water partition coefficient (Wildman–Crippen LogP) is 6.62. The smallest absolute Gasteiger partial charge is 0.349 e. The maximum Gasteiger partial charge on any atom is 0.416 e. The van der Waals surface area contributed by atoms with Gasteiger partial charge in [-0.3, -0.25) is 9.88 Å². The summed E-state index contributed by atoms with van der Waals surface area (Å²) in [7, 11) is 0. The van der Waals surface area contributed by atoms with Crippen molar-refractivity contribution >= 4 is 0 Å². The summed E-state index contributed by atoms with van der Waals surface area (Å²) < 4.78 is 108. The van der Waals surface area contributed by atoms with Crippen LogP contribution in [-0.2, 0) is 28.4 Å². The molecule has 5 rings (SSSR count). The minimum atomic E-state index is -5.04. The molecule has 0 amide bonds. The Morgan fingerprint density at radius 1 is 0.977 bits per heavy atom. The fraction of sp³-hybridized carbons (Fsp3) is 0.310. The number of rotatable bonds is 7. The summed E-state index contributed by atoms with van der Waals surface area (Å²) in [5.74, 6) is -0.422. The van der Waals surface area contributed by atoms with E-state index in [1.54, 1.807) is 35.2 Å². The summed E-state index contributed by atoms with van der Waals surface area (Å²) in [5.41, 5.74) is -2.49. The number of nitrogens with zero attached hydrogens (tertiary/aromatic N) is 2. The van der Waals surface area contributed by atoms with E-state index in [9.17, 15) is 31.1 Å². The Hall–Kier alpha value is -4.01. The van der Waals surface area contributed by atoms with Gasteiger partial charge in [0.2, 0.25) is 0 Å². The Morgan fingerprint density at radius 2 is 1.65 bits per heavy atom. The molecule has 1 aliphatic rings. The first kappa shape index (κ1) is 30.4. The van der Waals surface area contributed by atoms with E-state index in [0.29, 0.717) is 17.7 Å². The van der Waals surface area contributed by atoms with Crippen molar-refractivity contribution in [1.82, 2.24) is 20.1 Å². The zero-order chi connectivity index (χ0) is 30.9. The maximum atomic E-state index is 15.8. The molecule has 0 saturated carbocycles. The molecule has 7 nitrogen and oxygen atoms in total. The number of nitrogens with one attached hydrogen (secondary N) is 2. The van der Waals surface area contributed by atoms with Crippen molar-refractivity contribution in [2.24, 2.45) is 0 Å². The molecular weight excluding hydrogens is 585 g/mol. The highest BCUT2D eigenvalue weighted by Gasteiger charge is 2.40. The first-order valence-electron chi connectivity index (χ1n) is 13.1. The number of ether oxygens (including phenoxy) is 2. The minimum absolute atomic E-state index is 0.00264. The molecule has 0 bridgehead atoms. The Bertz CT molecular complexity index is 1590. The van der Waals surface area contributed by atoms with Gasteiger partial charge in [0.15, 0.2) is 6.29 Å². The van der Waals surface area contributed by atoms with Gasteiger partial charge in [-0.25, -0.2) is 14.3 Å². The number of aromatic amines is 2. The summed E-state index contributed by atoms with van der Waals surface area (Å²) in [4.78, 5) is 15.8. The molecular formula is C29H25F7N4O3. The topological polar surface area (TPSA) is 83.2 Å². The fourth-order valence-electron chi connectivity index (χ4n) is 4.97. The predicted molar refractivity (Wildman–Crippen MR) is 140 cm³/mol. The standard InChI is InChI=1S/C29H25F7N4O3/c1-16(19-11-20(28(31,32)33)14-21(12-19)29(34,35)36)43-26-25(40(9-10-42-26)15-24-37-27(41)39-38-24)22-8-7-18(13-23(22)30)17-5-3-2-4-6-17/h2-8,11-14,16,25-26H,9-10,15H2,1H3,(H2,37,38,39,41)/t16-,25+,26-/m1/s1. The van der Waals surface area contributed by atoms with Crippen molar-refractivity contribution < 1.29 is 40.2 Å². The second-order valence-corrected chi connectivity index (χ2v) is 10.00. The number of H-pyrrole nitrogens is 2. The van der Waals surface area contributed by atoms with Crippen molar-refractivity contribution in [3.8, 4) is 11.1 Å². The van der Waals surface area contributed by atoms with Crippen molar-refractivity contribution in [2.75, 3.05) is 13.2 Å². The first-order valence-corrected chi connectivity index (χ1v) is 13.1. The molecule has 1 aromatic heterocycles. The molecule has 228 valence electrons. The monoisotopic (exact) mass is 610 g/mol. The van der Waals surface area contributed by atoms with Crippen LogP contribution in [0.5, 0.6) is 0 Å². The van der Waals surface area contributed by atoms with E-state index in [0.717, 1.165) is 5.56 Å². The second kappa shape index (κ2) is 11.9. The molecule has 0 unspecified atom stereocenters. The van der Waals surface area contributed by atoms with Crippen LogP contribution in [0.15, 0.2) is 71.5 Å². The molecule has 2 N–H and O–H groups in total. The van der Waals surface area contributed by atoms with Crippen LogP contribution in [0.3, 0.4) is 0 Å². The SMILES string of the molecule is C[C@@H](O[C@H]1OCCN(Cc2n[nH]c(=O)[nH]2)[C@H]1c1ccc(-c2ccccc2)cc1F)c1cc(C(F)(F)F)cc(C(F)(F)F)c1. The molecule has 4 aromatic rings. The van der Waals surface area contributed by atoms with Crippen LogP contribution < -0.4 is 5.69 Å². The normalized spacial score (nSPS) is 19.0. The van der Waals surface area contributed by atoms with Crippen LogP contribution in [0.1, 0.15) is 47.1 Å². The highest BCUT2D eigenvalue weighted by atomic mass is 19.4. The van der Waals surface area contributed by atoms with Gasteiger partial charge in [-0.05, 0) is 47.9 Å². The molecule has 0 aliphatic carbocycles. The van der Waals surface area contributed by atoms with Crippen molar-refractivity contribution in [1.29, 1.82) is 0 Å². The minimum Gasteiger partial charge on any atom is -0.349 e. The number of halogens is 7. The third-order valence-corrected chi connectivity index (χ3v) is 7.06. The molecule has 1 saturated heterocycles. The third kappa shape index (κ3) is 6.98. The third-order valence-electron chi connectivity index (χ3n) is 7.06. The van der Waals surface area contributed by atoms with Crippen molar-refractivity contribution in [2.45, 2.75) is 44.3 Å². The number of morpholine rings is 1. The van der Waals surface area contributed by atoms with Gasteiger partial charge < -0.3 is 9.47 Å². The molecule has 0 spiro atoms. The highest BCUT2D eigenvalue weighted by Crippen LogP contribution is 2.40. The molecule has 0 radical (unpaired) electrons. The van der Waals surface area contributed by atoms with Gasteiger partial charge in [0.1, 0.15) is 11.6 Å². The summed E-state index contributed by atoms with van der Waals surface area (Å²) in [5, 5.41) is 6.13. The largest absolute Gasteiger partial charge is 0.416 e. The van der Waals surface area contributed by atoms with E-state index >= 15 is 4.39 Å². The highest BCUT2D eigenvalue weighted by molar-refractivity contribution is 5.63.